The third-order valence-electron chi connectivity index (χ3n) is 3.76. The molecule has 0 spiro atoms. The Balaban J connectivity index is 1.97. The highest BCUT2D eigenvalue weighted by molar-refractivity contribution is 6.31. The summed E-state index contributed by atoms with van der Waals surface area (Å²) in [6, 6.07) is 7.00. The number of benzene rings is 1. The van der Waals surface area contributed by atoms with E-state index in [0.717, 1.165) is 30.7 Å². The molecule has 1 saturated carbocycles. The lowest BCUT2D eigenvalue weighted by Gasteiger charge is -2.34. The van der Waals surface area contributed by atoms with Gasteiger partial charge in [-0.3, -0.25) is 4.90 Å². The number of nitrogens with two attached hydrogens (primary N) is 1. The molecular weight excluding hydrogens is 220 g/mol. The average molecular weight is 237 g/mol. The Morgan fingerprint density at radius 3 is 2.88 bits per heavy atom. The van der Waals surface area contributed by atoms with E-state index in [4.69, 9.17) is 17.3 Å². The number of rotatable bonds is 2. The normalized spacial score (nSPS) is 25.5. The SMILES string of the molecule is NCC1CN(C2CC2)Cc2c(Cl)cccc21. The summed E-state index contributed by atoms with van der Waals surface area (Å²) in [5.74, 6) is 0.461. The first kappa shape index (κ1) is 10.6. The quantitative estimate of drug-likeness (QED) is 0.854. The van der Waals surface area contributed by atoms with Crippen molar-refractivity contribution in [1.29, 1.82) is 0 Å². The van der Waals surface area contributed by atoms with Crippen LogP contribution in [0.3, 0.4) is 0 Å². The highest BCUT2D eigenvalue weighted by Gasteiger charge is 2.34. The zero-order chi connectivity index (χ0) is 11.1. The molecule has 1 heterocycles. The molecule has 2 N–H and O–H groups in total. The molecule has 1 aromatic carbocycles. The van der Waals surface area contributed by atoms with Gasteiger partial charge < -0.3 is 5.73 Å². The van der Waals surface area contributed by atoms with Gasteiger partial charge in [0.1, 0.15) is 0 Å². The van der Waals surface area contributed by atoms with E-state index in [1.807, 2.05) is 12.1 Å². The molecule has 86 valence electrons. The third-order valence-corrected chi connectivity index (χ3v) is 4.11. The van der Waals surface area contributed by atoms with Gasteiger partial charge in [-0.2, -0.15) is 0 Å². The van der Waals surface area contributed by atoms with E-state index in [1.165, 1.54) is 24.0 Å². The van der Waals surface area contributed by atoms with Crippen molar-refractivity contribution in [2.24, 2.45) is 5.73 Å². The maximum absolute atomic E-state index is 6.29. The first-order chi connectivity index (χ1) is 7.79. The van der Waals surface area contributed by atoms with Crippen molar-refractivity contribution in [3.8, 4) is 0 Å². The summed E-state index contributed by atoms with van der Waals surface area (Å²) in [5, 5.41) is 0.904. The Morgan fingerprint density at radius 2 is 2.19 bits per heavy atom. The summed E-state index contributed by atoms with van der Waals surface area (Å²) in [6.45, 7) is 2.83. The monoisotopic (exact) mass is 236 g/mol. The maximum atomic E-state index is 6.29. The molecule has 1 atom stereocenters. The second-order valence-electron chi connectivity index (χ2n) is 4.90. The lowest BCUT2D eigenvalue weighted by atomic mass is 9.89. The summed E-state index contributed by atoms with van der Waals surface area (Å²) in [5.41, 5.74) is 8.55. The highest BCUT2D eigenvalue weighted by Crippen LogP contribution is 2.37. The van der Waals surface area contributed by atoms with Gasteiger partial charge >= 0.3 is 0 Å². The standard InChI is InChI=1S/C13H17ClN2/c14-13-3-1-2-11-9(6-15)7-16(8-12(11)13)10-4-5-10/h1-3,9-10H,4-8,15H2. The molecule has 0 aromatic heterocycles. The van der Waals surface area contributed by atoms with Crippen LogP contribution in [-0.4, -0.2) is 24.0 Å². The van der Waals surface area contributed by atoms with Gasteiger partial charge in [0.2, 0.25) is 0 Å². The minimum Gasteiger partial charge on any atom is -0.330 e. The van der Waals surface area contributed by atoms with Crippen molar-refractivity contribution in [2.45, 2.75) is 31.3 Å². The summed E-state index contributed by atoms with van der Waals surface area (Å²) in [4.78, 5) is 2.55. The van der Waals surface area contributed by atoms with Crippen LogP contribution >= 0.6 is 11.6 Å². The number of nitrogens with zero attached hydrogens (tertiary/aromatic N) is 1. The van der Waals surface area contributed by atoms with Gasteiger partial charge in [-0.05, 0) is 30.0 Å². The van der Waals surface area contributed by atoms with Crippen LogP contribution in [0.4, 0.5) is 0 Å². The predicted octanol–water partition coefficient (Wildman–Crippen LogP) is 2.36. The van der Waals surface area contributed by atoms with Crippen LogP contribution in [0.5, 0.6) is 0 Å². The van der Waals surface area contributed by atoms with Gasteiger partial charge in [0.15, 0.2) is 0 Å². The summed E-state index contributed by atoms with van der Waals surface area (Å²) in [7, 11) is 0. The fourth-order valence-corrected chi connectivity index (χ4v) is 2.93. The first-order valence-electron chi connectivity index (χ1n) is 6.01. The minimum absolute atomic E-state index is 0.461. The predicted molar refractivity (Wildman–Crippen MR) is 66.7 cm³/mol. The molecular formula is C13H17ClN2. The van der Waals surface area contributed by atoms with Crippen LogP contribution in [-0.2, 0) is 6.54 Å². The summed E-state index contributed by atoms with van der Waals surface area (Å²) < 4.78 is 0. The summed E-state index contributed by atoms with van der Waals surface area (Å²) >= 11 is 6.29. The lowest BCUT2D eigenvalue weighted by Crippen LogP contribution is -2.38. The molecule has 0 radical (unpaired) electrons. The van der Waals surface area contributed by atoms with E-state index in [9.17, 15) is 0 Å². The van der Waals surface area contributed by atoms with Gasteiger partial charge in [0.25, 0.3) is 0 Å². The van der Waals surface area contributed by atoms with Crippen molar-refractivity contribution in [3.63, 3.8) is 0 Å². The number of fused-ring (bicyclic) bond motifs is 1. The van der Waals surface area contributed by atoms with Crippen molar-refractivity contribution < 1.29 is 0 Å². The van der Waals surface area contributed by atoms with E-state index < -0.39 is 0 Å². The maximum Gasteiger partial charge on any atom is 0.0453 e. The molecule has 0 bridgehead atoms. The fraction of sp³-hybridized carbons (Fsp3) is 0.538. The van der Waals surface area contributed by atoms with Crippen molar-refractivity contribution in [1.82, 2.24) is 4.90 Å². The van der Waals surface area contributed by atoms with E-state index in [-0.39, 0.29) is 0 Å². The van der Waals surface area contributed by atoms with E-state index >= 15 is 0 Å². The fourth-order valence-electron chi connectivity index (χ4n) is 2.69. The molecule has 3 heteroatoms. The summed E-state index contributed by atoms with van der Waals surface area (Å²) in [6.07, 6.45) is 2.69. The number of hydrogen-bond donors (Lipinski definition) is 1. The van der Waals surface area contributed by atoms with Gasteiger partial charge in [-0.25, -0.2) is 0 Å². The third kappa shape index (κ3) is 1.75. The molecule has 3 rings (SSSR count). The van der Waals surface area contributed by atoms with Crippen LogP contribution < -0.4 is 5.73 Å². The second kappa shape index (κ2) is 4.02. The number of halogens is 1. The van der Waals surface area contributed by atoms with Crippen LogP contribution in [0.25, 0.3) is 0 Å². The smallest absolute Gasteiger partial charge is 0.0453 e. The Hall–Kier alpha value is -0.570. The molecule has 1 aromatic rings. The molecule has 2 aliphatic rings. The van der Waals surface area contributed by atoms with Gasteiger partial charge in [0, 0.05) is 36.6 Å². The zero-order valence-electron chi connectivity index (χ0n) is 9.32. The van der Waals surface area contributed by atoms with Crippen molar-refractivity contribution in [2.75, 3.05) is 13.1 Å². The minimum atomic E-state index is 0.461. The van der Waals surface area contributed by atoms with Crippen molar-refractivity contribution >= 4 is 11.6 Å². The Kier molecular flexibility index (Phi) is 2.66. The molecule has 2 nitrogen and oxygen atoms in total. The van der Waals surface area contributed by atoms with Crippen LogP contribution in [0.2, 0.25) is 5.02 Å². The van der Waals surface area contributed by atoms with Gasteiger partial charge in [0.05, 0.1) is 0 Å². The van der Waals surface area contributed by atoms with Gasteiger partial charge in [-0.15, -0.1) is 0 Å². The lowest BCUT2D eigenvalue weighted by molar-refractivity contribution is 0.221. The highest BCUT2D eigenvalue weighted by atomic mass is 35.5. The molecule has 1 aliphatic heterocycles. The van der Waals surface area contributed by atoms with E-state index in [2.05, 4.69) is 11.0 Å². The van der Waals surface area contributed by atoms with Crippen molar-refractivity contribution in [3.05, 3.63) is 34.3 Å². The molecule has 0 saturated heterocycles. The molecule has 1 unspecified atom stereocenters. The molecule has 16 heavy (non-hydrogen) atoms. The Morgan fingerprint density at radius 1 is 1.38 bits per heavy atom. The molecule has 1 aliphatic carbocycles. The largest absolute Gasteiger partial charge is 0.330 e. The average Bonchev–Trinajstić information content (AvgIpc) is 3.12. The van der Waals surface area contributed by atoms with E-state index in [0.29, 0.717) is 5.92 Å². The van der Waals surface area contributed by atoms with Crippen LogP contribution in [0.15, 0.2) is 18.2 Å². The Bertz CT molecular complexity index is 401. The van der Waals surface area contributed by atoms with Crippen LogP contribution in [0.1, 0.15) is 29.9 Å². The number of hydrogen-bond acceptors (Lipinski definition) is 2. The van der Waals surface area contributed by atoms with E-state index in [1.54, 1.807) is 0 Å². The second-order valence-corrected chi connectivity index (χ2v) is 5.31. The molecule has 0 amide bonds. The first-order valence-corrected chi connectivity index (χ1v) is 6.39. The zero-order valence-corrected chi connectivity index (χ0v) is 10.1. The van der Waals surface area contributed by atoms with Crippen LogP contribution in [0, 0.1) is 0 Å². The van der Waals surface area contributed by atoms with Gasteiger partial charge in [-0.1, -0.05) is 23.7 Å². The molecule has 1 fully saturated rings. The Labute approximate surface area is 101 Å². The topological polar surface area (TPSA) is 29.3 Å².